The lowest BCUT2D eigenvalue weighted by atomic mass is 9.95. The van der Waals surface area contributed by atoms with E-state index in [1.807, 2.05) is 0 Å². The summed E-state index contributed by atoms with van der Waals surface area (Å²) in [7, 11) is 0. The molecule has 23 heavy (non-hydrogen) atoms. The maximum atomic E-state index is 11.9. The van der Waals surface area contributed by atoms with Crippen molar-refractivity contribution in [3.63, 3.8) is 0 Å². The van der Waals surface area contributed by atoms with Crippen molar-refractivity contribution in [3.8, 4) is 0 Å². The second-order valence-corrected chi connectivity index (χ2v) is 5.65. The topological polar surface area (TPSA) is 154 Å². The van der Waals surface area contributed by atoms with E-state index in [0.29, 0.717) is 13.0 Å². The third kappa shape index (κ3) is 6.04. The van der Waals surface area contributed by atoms with Gasteiger partial charge in [0.1, 0.15) is 24.4 Å². The molecule has 0 aromatic heterocycles. The van der Waals surface area contributed by atoms with Gasteiger partial charge in [0.05, 0.1) is 6.61 Å². The molecule has 9 nitrogen and oxygen atoms in total. The number of rotatable bonds is 8. The first-order chi connectivity index (χ1) is 10.9. The smallest absolute Gasteiger partial charge is 0.222 e. The minimum atomic E-state index is -1.37. The molecule has 0 spiro atoms. The number of aliphatic hydroxyl groups is 3. The van der Waals surface area contributed by atoms with Crippen LogP contribution in [0.25, 0.3) is 0 Å². The third-order valence-electron chi connectivity index (χ3n) is 3.71. The standard InChI is InChI=1S/C14H27N3O6/c1-8(19)16-11-13(22)12(21)9(7-18)23-14(11)17-10(20)5-3-2-4-6-15/h9,11-14,18,21-22H,2-7,15H2,1H3,(H,16,19)(H,17,20)/t9-,11+,12+,13+,14-/m0/s1. The van der Waals surface area contributed by atoms with Gasteiger partial charge in [0.15, 0.2) is 6.23 Å². The average molecular weight is 333 g/mol. The van der Waals surface area contributed by atoms with Gasteiger partial charge in [-0.1, -0.05) is 6.42 Å². The lowest BCUT2D eigenvalue weighted by Gasteiger charge is -2.42. The van der Waals surface area contributed by atoms with Crippen molar-refractivity contribution in [2.24, 2.45) is 5.73 Å². The fourth-order valence-corrected chi connectivity index (χ4v) is 2.47. The van der Waals surface area contributed by atoms with Crippen LogP contribution in [0, 0.1) is 0 Å². The van der Waals surface area contributed by atoms with Crippen molar-refractivity contribution in [1.29, 1.82) is 0 Å². The van der Waals surface area contributed by atoms with E-state index >= 15 is 0 Å². The molecular formula is C14H27N3O6. The number of nitrogens with two attached hydrogens (primary N) is 1. The summed E-state index contributed by atoms with van der Waals surface area (Å²) in [5.41, 5.74) is 5.38. The molecule has 1 heterocycles. The van der Waals surface area contributed by atoms with E-state index in [1.54, 1.807) is 0 Å². The minimum absolute atomic E-state index is 0.259. The Kier molecular flexibility index (Phi) is 8.42. The quantitative estimate of drug-likeness (QED) is 0.270. The van der Waals surface area contributed by atoms with Crippen LogP contribution in [0.1, 0.15) is 32.6 Å². The van der Waals surface area contributed by atoms with Crippen LogP contribution in [0.3, 0.4) is 0 Å². The van der Waals surface area contributed by atoms with Crippen LogP contribution in [0.5, 0.6) is 0 Å². The van der Waals surface area contributed by atoms with Crippen molar-refractivity contribution < 1.29 is 29.6 Å². The second kappa shape index (κ2) is 9.78. The molecule has 0 aromatic carbocycles. The lowest BCUT2D eigenvalue weighted by molar-refractivity contribution is -0.203. The number of unbranched alkanes of at least 4 members (excludes halogenated alkanes) is 2. The molecule has 1 fully saturated rings. The Balaban J connectivity index is 2.65. The highest BCUT2D eigenvalue weighted by Gasteiger charge is 2.45. The Morgan fingerprint density at radius 1 is 1.13 bits per heavy atom. The highest BCUT2D eigenvalue weighted by atomic mass is 16.5. The zero-order valence-corrected chi connectivity index (χ0v) is 13.3. The molecular weight excluding hydrogens is 306 g/mol. The number of hydrogen-bond acceptors (Lipinski definition) is 7. The first-order valence-electron chi connectivity index (χ1n) is 7.79. The molecule has 0 unspecified atom stereocenters. The highest BCUT2D eigenvalue weighted by molar-refractivity contribution is 5.76. The molecule has 2 amide bonds. The largest absolute Gasteiger partial charge is 0.394 e. The van der Waals surface area contributed by atoms with Crippen molar-refractivity contribution in [1.82, 2.24) is 10.6 Å². The third-order valence-corrected chi connectivity index (χ3v) is 3.71. The summed E-state index contributed by atoms with van der Waals surface area (Å²) in [6.07, 6.45) is -2.23. The fourth-order valence-electron chi connectivity index (χ4n) is 2.47. The number of nitrogens with one attached hydrogen (secondary N) is 2. The molecule has 7 N–H and O–H groups in total. The number of carbonyl (C=O) groups is 2. The van der Waals surface area contributed by atoms with Gasteiger partial charge in [-0.2, -0.15) is 0 Å². The van der Waals surface area contributed by atoms with Gasteiger partial charge in [0.25, 0.3) is 0 Å². The highest BCUT2D eigenvalue weighted by Crippen LogP contribution is 2.20. The molecule has 5 atom stereocenters. The van der Waals surface area contributed by atoms with Crippen molar-refractivity contribution >= 4 is 11.8 Å². The predicted octanol–water partition coefficient (Wildman–Crippen LogP) is -2.43. The fraction of sp³-hybridized carbons (Fsp3) is 0.857. The first kappa shape index (κ1) is 19.8. The van der Waals surface area contributed by atoms with Gasteiger partial charge in [-0.15, -0.1) is 0 Å². The van der Waals surface area contributed by atoms with Gasteiger partial charge in [-0.05, 0) is 19.4 Å². The Hall–Kier alpha value is -1.26. The number of ether oxygens (including phenoxy) is 1. The molecule has 1 saturated heterocycles. The van der Waals surface area contributed by atoms with E-state index in [1.165, 1.54) is 6.92 Å². The van der Waals surface area contributed by atoms with Crippen LogP contribution < -0.4 is 16.4 Å². The van der Waals surface area contributed by atoms with Gasteiger partial charge >= 0.3 is 0 Å². The summed E-state index contributed by atoms with van der Waals surface area (Å²) in [5.74, 6) is -0.739. The van der Waals surface area contributed by atoms with Crippen LogP contribution >= 0.6 is 0 Å². The van der Waals surface area contributed by atoms with Gasteiger partial charge < -0.3 is 36.4 Å². The molecule has 0 bridgehead atoms. The van der Waals surface area contributed by atoms with Gasteiger partial charge in [-0.3, -0.25) is 9.59 Å². The predicted molar refractivity (Wildman–Crippen MR) is 81.0 cm³/mol. The first-order valence-corrected chi connectivity index (χ1v) is 7.79. The summed E-state index contributed by atoms with van der Waals surface area (Å²) in [6, 6.07) is -1.00. The normalized spacial score (nSPS) is 30.7. The van der Waals surface area contributed by atoms with Crippen molar-refractivity contribution in [2.75, 3.05) is 13.2 Å². The van der Waals surface area contributed by atoms with Gasteiger partial charge in [-0.25, -0.2) is 0 Å². The van der Waals surface area contributed by atoms with E-state index in [0.717, 1.165) is 12.8 Å². The molecule has 1 aliphatic rings. The second-order valence-electron chi connectivity index (χ2n) is 5.65. The van der Waals surface area contributed by atoms with E-state index < -0.39 is 43.1 Å². The molecule has 134 valence electrons. The zero-order chi connectivity index (χ0) is 17.4. The van der Waals surface area contributed by atoms with Crippen LogP contribution in [-0.4, -0.2) is 70.9 Å². The molecule has 1 rings (SSSR count). The van der Waals surface area contributed by atoms with E-state index in [9.17, 15) is 24.9 Å². The van der Waals surface area contributed by atoms with E-state index in [-0.39, 0.29) is 12.3 Å². The van der Waals surface area contributed by atoms with Crippen LogP contribution in [0.4, 0.5) is 0 Å². The number of hydrogen-bond donors (Lipinski definition) is 6. The Labute approximate surface area is 135 Å². The molecule has 0 aliphatic carbocycles. The SMILES string of the molecule is CC(=O)N[C@@H]1[C@@H](O)[C@H](O)[C@H](CO)O[C@@H]1NC(=O)CCCCCN. The molecule has 9 heteroatoms. The van der Waals surface area contributed by atoms with E-state index in [2.05, 4.69) is 10.6 Å². The summed E-state index contributed by atoms with van der Waals surface area (Å²) < 4.78 is 5.40. The maximum absolute atomic E-state index is 11.9. The average Bonchev–Trinajstić information content (AvgIpc) is 2.50. The van der Waals surface area contributed by atoms with Gasteiger partial charge in [0, 0.05) is 13.3 Å². The van der Waals surface area contributed by atoms with Crippen molar-refractivity contribution in [2.45, 2.75) is 63.2 Å². The number of aliphatic hydroxyl groups excluding tert-OH is 3. The lowest BCUT2D eigenvalue weighted by Crippen LogP contribution is -2.68. The molecule has 0 radical (unpaired) electrons. The van der Waals surface area contributed by atoms with Crippen molar-refractivity contribution in [3.05, 3.63) is 0 Å². The Morgan fingerprint density at radius 3 is 2.39 bits per heavy atom. The number of carbonyl (C=O) groups excluding carboxylic acids is 2. The summed E-state index contributed by atoms with van der Waals surface area (Å²) in [6.45, 7) is 1.30. The van der Waals surface area contributed by atoms with Gasteiger partial charge in [0.2, 0.25) is 11.8 Å². The van der Waals surface area contributed by atoms with E-state index in [4.69, 9.17) is 10.5 Å². The van der Waals surface area contributed by atoms with Crippen LogP contribution in [0.15, 0.2) is 0 Å². The number of amides is 2. The Morgan fingerprint density at radius 2 is 1.83 bits per heavy atom. The summed E-state index contributed by atoms with van der Waals surface area (Å²) >= 11 is 0. The summed E-state index contributed by atoms with van der Waals surface area (Å²) in [4.78, 5) is 23.2. The van der Waals surface area contributed by atoms with Crippen LogP contribution in [0.2, 0.25) is 0 Å². The molecule has 1 aliphatic heterocycles. The monoisotopic (exact) mass is 333 g/mol. The summed E-state index contributed by atoms with van der Waals surface area (Å²) in [5, 5.41) is 34.2. The zero-order valence-electron chi connectivity index (χ0n) is 13.3. The Bertz CT molecular complexity index is 395. The maximum Gasteiger partial charge on any atom is 0.222 e. The molecule has 0 saturated carbocycles. The molecule has 0 aromatic rings. The van der Waals surface area contributed by atoms with Crippen LogP contribution in [-0.2, 0) is 14.3 Å². The minimum Gasteiger partial charge on any atom is -0.394 e.